The van der Waals surface area contributed by atoms with Gasteiger partial charge in [0.1, 0.15) is 18.2 Å². The third-order valence-electron chi connectivity index (χ3n) is 7.47. The summed E-state index contributed by atoms with van der Waals surface area (Å²) >= 11 is 1.52. The Morgan fingerprint density at radius 1 is 1.11 bits per heavy atom. The summed E-state index contributed by atoms with van der Waals surface area (Å²) in [5.74, 6) is 1.13. The summed E-state index contributed by atoms with van der Waals surface area (Å²) in [6.07, 6.45) is -3.88. The Bertz CT molecular complexity index is 1690. The number of amides is 2. The first-order valence-corrected chi connectivity index (χ1v) is 15.8. The fourth-order valence-electron chi connectivity index (χ4n) is 5.07. The highest BCUT2D eigenvalue weighted by Crippen LogP contribution is 2.35. The van der Waals surface area contributed by atoms with E-state index in [4.69, 9.17) is 0 Å². The maximum Gasteiger partial charge on any atom is 0.573 e. The van der Waals surface area contributed by atoms with E-state index in [1.807, 2.05) is 6.92 Å². The molecule has 3 aromatic carbocycles. The molecule has 8 nitrogen and oxygen atoms in total. The molecule has 0 spiro atoms. The molecule has 1 aromatic heterocycles. The SMILES string of the molecule is Cc1ccc(C(C)C)c(N2C(=NC(=O)NCC(F)c3ccc(-c4ncn(-c5ccc(OC(F)(F)F)cc5)n4)cc3)SCCC2C)c1. The molecule has 0 aliphatic carbocycles. The van der Waals surface area contributed by atoms with Gasteiger partial charge in [0.15, 0.2) is 11.0 Å². The minimum Gasteiger partial charge on any atom is -0.406 e. The maximum absolute atomic E-state index is 15.2. The largest absolute Gasteiger partial charge is 0.573 e. The van der Waals surface area contributed by atoms with Crippen molar-refractivity contribution in [1.82, 2.24) is 20.1 Å². The van der Waals surface area contributed by atoms with Crippen LogP contribution in [0.2, 0.25) is 0 Å². The van der Waals surface area contributed by atoms with E-state index < -0.39 is 18.6 Å². The molecule has 2 atom stereocenters. The topological polar surface area (TPSA) is 84.6 Å². The molecule has 5 rings (SSSR count). The van der Waals surface area contributed by atoms with Crippen molar-refractivity contribution in [2.75, 3.05) is 17.2 Å². The van der Waals surface area contributed by atoms with Crippen LogP contribution in [-0.2, 0) is 0 Å². The predicted octanol–water partition coefficient (Wildman–Crippen LogP) is 8.37. The zero-order chi connectivity index (χ0) is 33.0. The van der Waals surface area contributed by atoms with E-state index in [1.165, 1.54) is 52.6 Å². The molecule has 0 saturated carbocycles. The lowest BCUT2D eigenvalue weighted by molar-refractivity contribution is -0.274. The van der Waals surface area contributed by atoms with Gasteiger partial charge in [-0.1, -0.05) is 62.0 Å². The Balaban J connectivity index is 1.22. The summed E-state index contributed by atoms with van der Waals surface area (Å²) in [7, 11) is 0. The van der Waals surface area contributed by atoms with Gasteiger partial charge in [0.25, 0.3) is 0 Å². The molecular formula is C33H34F4N6O2S. The quantitative estimate of drug-likeness (QED) is 0.192. The van der Waals surface area contributed by atoms with Crippen LogP contribution in [0.25, 0.3) is 17.1 Å². The molecule has 13 heteroatoms. The second-order valence-corrected chi connectivity index (χ2v) is 12.4. The Morgan fingerprint density at radius 2 is 1.83 bits per heavy atom. The van der Waals surface area contributed by atoms with E-state index in [1.54, 1.807) is 24.3 Å². The number of anilines is 1. The number of thioether (sulfide) groups is 1. The molecule has 2 unspecified atom stereocenters. The molecule has 1 fully saturated rings. The van der Waals surface area contributed by atoms with Crippen LogP contribution >= 0.6 is 11.8 Å². The van der Waals surface area contributed by atoms with E-state index >= 15 is 4.39 Å². The molecule has 4 aromatic rings. The van der Waals surface area contributed by atoms with Crippen molar-refractivity contribution in [3.63, 3.8) is 0 Å². The second-order valence-electron chi connectivity index (χ2n) is 11.3. The van der Waals surface area contributed by atoms with Crippen LogP contribution in [0.4, 0.5) is 28.0 Å². The number of rotatable bonds is 8. The second kappa shape index (κ2) is 13.9. The Labute approximate surface area is 268 Å². The minimum atomic E-state index is -4.78. The van der Waals surface area contributed by atoms with Crippen molar-refractivity contribution in [2.45, 2.75) is 58.6 Å². The van der Waals surface area contributed by atoms with Crippen molar-refractivity contribution in [3.8, 4) is 22.8 Å². The first kappa shape index (κ1) is 33.0. The molecule has 0 bridgehead atoms. The van der Waals surface area contributed by atoms with Gasteiger partial charge < -0.3 is 15.0 Å². The van der Waals surface area contributed by atoms with Crippen molar-refractivity contribution in [2.24, 2.45) is 4.99 Å². The van der Waals surface area contributed by atoms with Crippen LogP contribution in [0.3, 0.4) is 0 Å². The van der Waals surface area contributed by atoms with Crippen LogP contribution in [0.1, 0.15) is 56.0 Å². The molecule has 2 amide bonds. The zero-order valence-corrected chi connectivity index (χ0v) is 26.6. The summed E-state index contributed by atoms with van der Waals surface area (Å²) in [6.45, 7) is 8.18. The average molecular weight is 655 g/mol. The Kier molecular flexibility index (Phi) is 10.00. The minimum absolute atomic E-state index is 0.152. The van der Waals surface area contributed by atoms with Crippen molar-refractivity contribution < 1.29 is 27.1 Å². The summed E-state index contributed by atoms with van der Waals surface area (Å²) in [6, 6.07) is 17.6. The van der Waals surface area contributed by atoms with Gasteiger partial charge in [-0.05, 0) is 73.2 Å². The number of nitrogens with zero attached hydrogens (tertiary/aromatic N) is 5. The van der Waals surface area contributed by atoms with Crippen molar-refractivity contribution in [3.05, 3.63) is 89.7 Å². The number of hydrogen-bond donors (Lipinski definition) is 1. The monoisotopic (exact) mass is 654 g/mol. The third-order valence-corrected chi connectivity index (χ3v) is 8.45. The molecule has 242 valence electrons. The highest BCUT2D eigenvalue weighted by atomic mass is 32.2. The van der Waals surface area contributed by atoms with Crippen LogP contribution in [0.15, 0.2) is 78.0 Å². The molecule has 2 heterocycles. The standard InChI is InChI=1S/C33H34F4N6O2S/c1-20(2)27-14-5-21(3)17-29(27)43-22(4)15-16-46-32(43)40-31(44)38-18-28(34)23-6-8-24(9-7-23)30-39-19-42(41-30)25-10-12-26(13-11-25)45-33(35,36)37/h5-14,17,19-20,22,28H,15-16,18H2,1-4H3,(H,38,44). The number of amidine groups is 1. The summed E-state index contributed by atoms with van der Waals surface area (Å²) in [5, 5.41) is 7.57. The zero-order valence-electron chi connectivity index (χ0n) is 25.8. The van der Waals surface area contributed by atoms with E-state index in [9.17, 15) is 18.0 Å². The first-order valence-electron chi connectivity index (χ1n) is 14.8. The van der Waals surface area contributed by atoms with E-state index in [-0.39, 0.29) is 24.3 Å². The molecule has 1 aliphatic rings. The van der Waals surface area contributed by atoms with Gasteiger partial charge >= 0.3 is 12.4 Å². The van der Waals surface area contributed by atoms with Crippen LogP contribution in [-0.4, -0.2) is 50.7 Å². The highest BCUT2D eigenvalue weighted by Gasteiger charge is 2.31. The molecule has 46 heavy (non-hydrogen) atoms. The summed E-state index contributed by atoms with van der Waals surface area (Å²) in [5.41, 5.74) is 4.79. The number of aromatic nitrogens is 3. The first-order chi connectivity index (χ1) is 21.9. The van der Waals surface area contributed by atoms with E-state index in [0.29, 0.717) is 27.8 Å². The number of aryl methyl sites for hydroxylation is 1. The number of alkyl halides is 4. The number of halogens is 4. The predicted molar refractivity (Wildman–Crippen MR) is 172 cm³/mol. The number of nitrogens with one attached hydrogen (secondary N) is 1. The van der Waals surface area contributed by atoms with Crippen LogP contribution in [0.5, 0.6) is 5.75 Å². The van der Waals surface area contributed by atoms with Gasteiger partial charge in [0, 0.05) is 23.0 Å². The summed E-state index contributed by atoms with van der Waals surface area (Å²) < 4.78 is 57.7. The Hall–Kier alpha value is -4.39. The smallest absolute Gasteiger partial charge is 0.406 e. The number of hydrogen-bond acceptors (Lipinski definition) is 5. The fourth-order valence-corrected chi connectivity index (χ4v) is 6.27. The number of carbonyl (C=O) groups is 1. The van der Waals surface area contributed by atoms with Gasteiger partial charge in [-0.2, -0.15) is 4.99 Å². The number of aliphatic imine (C=N–C) groups is 1. The normalized spacial score (nSPS) is 16.9. The van der Waals surface area contributed by atoms with Gasteiger partial charge in [0.05, 0.1) is 12.2 Å². The average Bonchev–Trinajstić information content (AvgIpc) is 3.50. The lowest BCUT2D eigenvalue weighted by atomic mass is 9.98. The summed E-state index contributed by atoms with van der Waals surface area (Å²) in [4.78, 5) is 23.6. The molecular weight excluding hydrogens is 620 g/mol. The lowest BCUT2D eigenvalue weighted by Gasteiger charge is -2.37. The molecule has 1 aliphatic heterocycles. The highest BCUT2D eigenvalue weighted by molar-refractivity contribution is 8.14. The van der Waals surface area contributed by atoms with E-state index in [2.05, 4.69) is 69.0 Å². The van der Waals surface area contributed by atoms with Gasteiger partial charge in [-0.3, -0.25) is 0 Å². The van der Waals surface area contributed by atoms with E-state index in [0.717, 1.165) is 23.4 Å². The molecule has 1 saturated heterocycles. The lowest BCUT2D eigenvalue weighted by Crippen LogP contribution is -2.43. The number of carbonyl (C=O) groups excluding carboxylic acids is 1. The van der Waals surface area contributed by atoms with Gasteiger partial charge in [-0.15, -0.1) is 18.3 Å². The fraction of sp³-hybridized carbons (Fsp3) is 0.333. The number of benzene rings is 3. The van der Waals surface area contributed by atoms with Crippen LogP contribution in [0, 0.1) is 6.92 Å². The Morgan fingerprint density at radius 3 is 2.50 bits per heavy atom. The van der Waals surface area contributed by atoms with Gasteiger partial charge in [-0.25, -0.2) is 18.9 Å². The van der Waals surface area contributed by atoms with Crippen molar-refractivity contribution in [1.29, 1.82) is 0 Å². The number of urea groups is 1. The number of ether oxygens (including phenoxy) is 1. The van der Waals surface area contributed by atoms with Gasteiger partial charge in [0.2, 0.25) is 0 Å². The van der Waals surface area contributed by atoms with Crippen LogP contribution < -0.4 is 15.0 Å². The molecule has 1 N–H and O–H groups in total. The maximum atomic E-state index is 15.2. The van der Waals surface area contributed by atoms with Crippen molar-refractivity contribution >= 4 is 28.6 Å². The molecule has 0 radical (unpaired) electrons. The third kappa shape index (κ3) is 8.06.